The summed E-state index contributed by atoms with van der Waals surface area (Å²) in [6, 6.07) is 13.5. The third-order valence-corrected chi connectivity index (χ3v) is 8.84. The van der Waals surface area contributed by atoms with E-state index in [1.54, 1.807) is 0 Å². The van der Waals surface area contributed by atoms with E-state index in [0.29, 0.717) is 6.10 Å². The van der Waals surface area contributed by atoms with E-state index in [1.165, 1.54) is 39.2 Å². The summed E-state index contributed by atoms with van der Waals surface area (Å²) >= 11 is 0. The van der Waals surface area contributed by atoms with Gasteiger partial charge < -0.3 is 19.3 Å². The Morgan fingerprint density at radius 2 is 1.68 bits per heavy atom. The van der Waals surface area contributed by atoms with E-state index < -0.39 is 0 Å². The molecule has 0 spiro atoms. The Morgan fingerprint density at radius 3 is 2.39 bits per heavy atom. The van der Waals surface area contributed by atoms with Gasteiger partial charge in [-0.3, -0.25) is 0 Å². The zero-order valence-electron chi connectivity index (χ0n) is 23.5. The van der Waals surface area contributed by atoms with E-state index in [9.17, 15) is 0 Å². The molecule has 0 atom stereocenters. The number of aryl methyl sites for hydroxylation is 3. The first-order valence-corrected chi connectivity index (χ1v) is 14.0. The van der Waals surface area contributed by atoms with Gasteiger partial charge in [-0.15, -0.1) is 0 Å². The molecule has 0 amide bonds. The van der Waals surface area contributed by atoms with Gasteiger partial charge in [0.25, 0.3) is 0 Å². The number of hydrogen-bond donors (Lipinski definition) is 0. The summed E-state index contributed by atoms with van der Waals surface area (Å²) in [6.07, 6.45) is 3.31. The Morgan fingerprint density at radius 1 is 0.921 bits per heavy atom. The number of aromatic nitrogens is 2. The van der Waals surface area contributed by atoms with Crippen LogP contribution in [0.4, 0.5) is 11.5 Å². The van der Waals surface area contributed by atoms with Gasteiger partial charge in [0.05, 0.1) is 25.0 Å². The Bertz CT molecular complexity index is 1340. The molecule has 4 heterocycles. The van der Waals surface area contributed by atoms with Crippen molar-refractivity contribution in [2.24, 2.45) is 0 Å². The average molecular weight is 513 g/mol. The molecule has 2 saturated heterocycles. The molecular formula is C32H40N4O2. The van der Waals surface area contributed by atoms with Crippen LogP contribution in [0.3, 0.4) is 0 Å². The van der Waals surface area contributed by atoms with Crippen molar-refractivity contribution in [1.29, 1.82) is 0 Å². The number of nitrogens with zero attached hydrogens (tertiary/aromatic N) is 4. The highest BCUT2D eigenvalue weighted by molar-refractivity contribution is 5.66. The number of rotatable bonds is 5. The van der Waals surface area contributed by atoms with Crippen LogP contribution in [0.2, 0.25) is 0 Å². The fourth-order valence-corrected chi connectivity index (χ4v) is 6.16. The number of anilines is 2. The van der Waals surface area contributed by atoms with Crippen molar-refractivity contribution in [3.8, 4) is 11.4 Å². The first-order chi connectivity index (χ1) is 18.3. The Hall–Kier alpha value is -2.96. The van der Waals surface area contributed by atoms with Crippen molar-refractivity contribution >= 4 is 11.5 Å². The third kappa shape index (κ3) is 4.58. The predicted molar refractivity (Wildman–Crippen MR) is 153 cm³/mol. The van der Waals surface area contributed by atoms with Crippen molar-refractivity contribution in [3.63, 3.8) is 0 Å². The van der Waals surface area contributed by atoms with Crippen LogP contribution in [0.25, 0.3) is 11.4 Å². The maximum Gasteiger partial charge on any atom is 0.162 e. The number of piperidine rings is 1. The molecule has 38 heavy (non-hydrogen) atoms. The summed E-state index contributed by atoms with van der Waals surface area (Å²) in [5, 5.41) is 0. The fraction of sp³-hybridized carbons (Fsp3) is 0.500. The highest BCUT2D eigenvalue weighted by Gasteiger charge is 2.36. The second kappa shape index (κ2) is 9.97. The summed E-state index contributed by atoms with van der Waals surface area (Å²) in [5.41, 5.74) is 10.2. The minimum absolute atomic E-state index is 0.122. The lowest BCUT2D eigenvalue weighted by Crippen LogP contribution is -2.44. The molecule has 6 heteroatoms. The predicted octanol–water partition coefficient (Wildman–Crippen LogP) is 5.53. The van der Waals surface area contributed by atoms with Gasteiger partial charge in [0.2, 0.25) is 0 Å². The van der Waals surface area contributed by atoms with Crippen LogP contribution in [0.5, 0.6) is 0 Å². The molecular weight excluding hydrogens is 472 g/mol. The Kier molecular flexibility index (Phi) is 6.65. The van der Waals surface area contributed by atoms with E-state index in [4.69, 9.17) is 19.4 Å². The zero-order chi connectivity index (χ0) is 26.4. The molecule has 3 aliphatic heterocycles. The maximum atomic E-state index is 5.67. The maximum absolute atomic E-state index is 5.67. The van der Waals surface area contributed by atoms with Gasteiger partial charge in [0, 0.05) is 61.9 Å². The highest BCUT2D eigenvalue weighted by atomic mass is 16.5. The monoisotopic (exact) mass is 512 g/mol. The van der Waals surface area contributed by atoms with E-state index in [0.717, 1.165) is 75.9 Å². The Labute approximate surface area is 227 Å². The molecule has 0 bridgehead atoms. The third-order valence-electron chi connectivity index (χ3n) is 8.84. The molecule has 6 rings (SSSR count). The van der Waals surface area contributed by atoms with Crippen LogP contribution < -0.4 is 9.80 Å². The van der Waals surface area contributed by atoms with E-state index in [-0.39, 0.29) is 5.41 Å². The van der Waals surface area contributed by atoms with Crippen molar-refractivity contribution < 1.29 is 9.47 Å². The molecule has 3 aliphatic rings. The fourth-order valence-electron chi connectivity index (χ4n) is 6.16. The molecule has 200 valence electrons. The van der Waals surface area contributed by atoms with Gasteiger partial charge in [-0.25, -0.2) is 9.97 Å². The van der Waals surface area contributed by atoms with Gasteiger partial charge in [0.15, 0.2) is 5.82 Å². The number of ether oxygens (including phenoxy) is 2. The first kappa shape index (κ1) is 25.3. The molecule has 3 aromatic rings. The largest absolute Gasteiger partial charge is 0.381 e. The highest BCUT2D eigenvalue weighted by Crippen LogP contribution is 2.38. The molecule has 0 radical (unpaired) electrons. The molecule has 1 aromatic heterocycles. The molecule has 2 fully saturated rings. The van der Waals surface area contributed by atoms with Crippen LogP contribution in [0.15, 0.2) is 36.4 Å². The average Bonchev–Trinajstić information content (AvgIpc) is 2.92. The van der Waals surface area contributed by atoms with Crippen LogP contribution in [0, 0.1) is 20.8 Å². The van der Waals surface area contributed by atoms with Crippen LogP contribution in [0.1, 0.15) is 53.3 Å². The lowest BCUT2D eigenvalue weighted by Gasteiger charge is -2.40. The summed E-state index contributed by atoms with van der Waals surface area (Å²) in [7, 11) is 1.83. The minimum atomic E-state index is 0.122. The van der Waals surface area contributed by atoms with E-state index in [1.807, 2.05) is 7.11 Å². The molecule has 6 nitrogen and oxygen atoms in total. The minimum Gasteiger partial charge on any atom is -0.381 e. The molecule has 0 aliphatic carbocycles. The SMILES string of the molecule is COC1CCN(c2nc(-c3cc(C)ccc3C)nc3c2CN(c2cc(C4(C)COC4)ccc2C)CC3)CC1. The van der Waals surface area contributed by atoms with Crippen molar-refractivity contribution in [2.75, 3.05) is 49.8 Å². The summed E-state index contributed by atoms with van der Waals surface area (Å²) in [6.45, 7) is 14.1. The second-order valence-electron chi connectivity index (χ2n) is 11.8. The zero-order valence-corrected chi connectivity index (χ0v) is 23.5. The first-order valence-electron chi connectivity index (χ1n) is 14.0. The second-order valence-corrected chi connectivity index (χ2v) is 11.8. The number of fused-ring (bicyclic) bond motifs is 1. The topological polar surface area (TPSA) is 50.7 Å². The molecule has 0 unspecified atom stereocenters. The summed E-state index contributed by atoms with van der Waals surface area (Å²) in [5.74, 6) is 1.97. The quantitative estimate of drug-likeness (QED) is 0.448. The Balaban J connectivity index is 1.39. The lowest BCUT2D eigenvalue weighted by molar-refractivity contribution is -0.0499. The number of methoxy groups -OCH3 is 1. The van der Waals surface area contributed by atoms with Gasteiger partial charge in [0.1, 0.15) is 5.82 Å². The standard InChI is InChI=1S/C32H40N4O2/c1-21-6-7-22(2)26(16-21)30-33-28-12-15-36(29-17-24(9-8-23(29)3)32(4)19-38-20-32)18-27(28)31(34-30)35-13-10-25(37-5)11-14-35/h6-9,16-17,25H,10-15,18-20H2,1-5H3. The summed E-state index contributed by atoms with van der Waals surface area (Å²) < 4.78 is 11.2. The van der Waals surface area contributed by atoms with Crippen LogP contribution in [-0.2, 0) is 27.9 Å². The van der Waals surface area contributed by atoms with Gasteiger partial charge in [-0.05, 0) is 62.4 Å². The van der Waals surface area contributed by atoms with Gasteiger partial charge in [-0.2, -0.15) is 0 Å². The lowest BCUT2D eigenvalue weighted by atomic mass is 9.80. The van der Waals surface area contributed by atoms with Crippen molar-refractivity contribution in [1.82, 2.24) is 9.97 Å². The smallest absolute Gasteiger partial charge is 0.162 e. The molecule has 2 aromatic carbocycles. The normalized spacial score (nSPS) is 19.3. The van der Waals surface area contributed by atoms with E-state index in [2.05, 4.69) is 73.9 Å². The van der Waals surface area contributed by atoms with Gasteiger partial charge in [-0.1, -0.05) is 36.8 Å². The van der Waals surface area contributed by atoms with E-state index >= 15 is 0 Å². The van der Waals surface area contributed by atoms with Gasteiger partial charge >= 0.3 is 0 Å². The molecule has 0 saturated carbocycles. The van der Waals surface area contributed by atoms with Crippen molar-refractivity contribution in [3.05, 3.63) is 69.9 Å². The van der Waals surface area contributed by atoms with Crippen LogP contribution >= 0.6 is 0 Å². The summed E-state index contributed by atoms with van der Waals surface area (Å²) in [4.78, 5) is 15.5. The number of benzene rings is 2. The molecule has 0 N–H and O–H groups in total. The number of hydrogen-bond acceptors (Lipinski definition) is 6. The van der Waals surface area contributed by atoms with Crippen molar-refractivity contribution in [2.45, 2.75) is 65.0 Å². The van der Waals surface area contributed by atoms with Crippen LogP contribution in [-0.4, -0.2) is 56.0 Å².